The lowest BCUT2D eigenvalue weighted by atomic mass is 10.2. The van der Waals surface area contributed by atoms with Gasteiger partial charge in [-0.25, -0.2) is 0 Å². The van der Waals surface area contributed by atoms with Crippen LogP contribution in [0, 0.1) is 0 Å². The lowest BCUT2D eigenvalue weighted by molar-refractivity contribution is 0.613. The van der Waals surface area contributed by atoms with Gasteiger partial charge in [0.2, 0.25) is 0 Å². The standard InChI is InChI=1S/C9H16N2S2/c1-7-8(3-6-12-7)11-9-10-4-2-5-13-9/h7-8H,2-6H2,1H3,(H,10,11). The van der Waals surface area contributed by atoms with E-state index in [4.69, 9.17) is 0 Å². The fourth-order valence-corrected chi connectivity index (χ4v) is 3.71. The first-order valence-electron chi connectivity index (χ1n) is 4.91. The number of aliphatic imine (C=N–C) groups is 1. The second-order valence-corrected chi connectivity index (χ2v) is 6.07. The van der Waals surface area contributed by atoms with Crippen LogP contribution in [0.1, 0.15) is 19.8 Å². The summed E-state index contributed by atoms with van der Waals surface area (Å²) in [5.74, 6) is 2.54. The van der Waals surface area contributed by atoms with Gasteiger partial charge in [0.15, 0.2) is 5.17 Å². The van der Waals surface area contributed by atoms with Crippen LogP contribution in [0.15, 0.2) is 4.99 Å². The summed E-state index contributed by atoms with van der Waals surface area (Å²) in [4.78, 5) is 4.49. The highest BCUT2D eigenvalue weighted by atomic mass is 32.2. The van der Waals surface area contributed by atoms with E-state index in [-0.39, 0.29) is 0 Å². The van der Waals surface area contributed by atoms with Crippen molar-refractivity contribution in [2.75, 3.05) is 18.1 Å². The molecular formula is C9H16N2S2. The SMILES string of the molecule is CC1SCCC1NC1=NCCCS1. The molecule has 0 aromatic heterocycles. The molecule has 2 aliphatic heterocycles. The molecular weight excluding hydrogens is 200 g/mol. The molecule has 2 heterocycles. The molecule has 2 atom stereocenters. The molecule has 0 aromatic rings. The van der Waals surface area contributed by atoms with E-state index in [1.54, 1.807) is 0 Å². The number of amidine groups is 1. The number of nitrogens with one attached hydrogen (secondary N) is 1. The Morgan fingerprint density at radius 1 is 1.46 bits per heavy atom. The van der Waals surface area contributed by atoms with Gasteiger partial charge in [-0.2, -0.15) is 11.8 Å². The summed E-state index contributed by atoms with van der Waals surface area (Å²) in [7, 11) is 0. The van der Waals surface area contributed by atoms with Crippen LogP contribution in [0.25, 0.3) is 0 Å². The van der Waals surface area contributed by atoms with E-state index in [2.05, 4.69) is 29.0 Å². The summed E-state index contributed by atoms with van der Waals surface area (Å²) in [6, 6.07) is 0.661. The normalized spacial score (nSPS) is 34.4. The molecule has 2 aliphatic rings. The zero-order chi connectivity index (χ0) is 9.10. The zero-order valence-electron chi connectivity index (χ0n) is 7.95. The second-order valence-electron chi connectivity index (χ2n) is 3.50. The van der Waals surface area contributed by atoms with Crippen LogP contribution in [-0.4, -0.2) is 34.5 Å². The highest BCUT2D eigenvalue weighted by Crippen LogP contribution is 2.27. The zero-order valence-corrected chi connectivity index (χ0v) is 9.59. The molecule has 0 spiro atoms. The Balaban J connectivity index is 1.85. The van der Waals surface area contributed by atoms with Gasteiger partial charge in [-0.15, -0.1) is 0 Å². The van der Waals surface area contributed by atoms with Crippen LogP contribution in [-0.2, 0) is 0 Å². The summed E-state index contributed by atoms with van der Waals surface area (Å²) in [6.07, 6.45) is 2.54. The van der Waals surface area contributed by atoms with Crippen LogP contribution >= 0.6 is 23.5 Å². The Bertz CT molecular complexity index is 206. The third-order valence-electron chi connectivity index (χ3n) is 2.48. The maximum Gasteiger partial charge on any atom is 0.156 e. The number of hydrogen-bond donors (Lipinski definition) is 1. The van der Waals surface area contributed by atoms with Crippen molar-refractivity contribution in [2.45, 2.75) is 31.1 Å². The van der Waals surface area contributed by atoms with E-state index in [1.807, 2.05) is 11.8 Å². The van der Waals surface area contributed by atoms with Crippen molar-refractivity contribution >= 4 is 28.7 Å². The molecule has 1 fully saturated rings. The topological polar surface area (TPSA) is 24.4 Å². The fourth-order valence-electron chi connectivity index (χ4n) is 1.63. The first kappa shape index (κ1) is 9.71. The minimum absolute atomic E-state index is 0.661. The third kappa shape index (κ3) is 2.56. The molecule has 74 valence electrons. The van der Waals surface area contributed by atoms with Gasteiger partial charge in [0.25, 0.3) is 0 Å². The number of hydrogen-bond acceptors (Lipinski definition) is 4. The van der Waals surface area contributed by atoms with Gasteiger partial charge in [0, 0.05) is 23.6 Å². The maximum atomic E-state index is 4.49. The minimum Gasteiger partial charge on any atom is -0.361 e. The van der Waals surface area contributed by atoms with E-state index < -0.39 is 0 Å². The summed E-state index contributed by atoms with van der Waals surface area (Å²) < 4.78 is 0. The molecule has 0 aromatic carbocycles. The average Bonchev–Trinajstić information content (AvgIpc) is 2.54. The molecule has 2 nitrogen and oxygen atoms in total. The van der Waals surface area contributed by atoms with E-state index >= 15 is 0 Å². The third-order valence-corrected chi connectivity index (χ3v) is 4.82. The fraction of sp³-hybridized carbons (Fsp3) is 0.889. The molecule has 1 saturated heterocycles. The van der Waals surface area contributed by atoms with E-state index in [9.17, 15) is 0 Å². The number of thioether (sulfide) groups is 2. The average molecular weight is 216 g/mol. The number of nitrogens with zero attached hydrogens (tertiary/aromatic N) is 1. The van der Waals surface area contributed by atoms with Crippen molar-refractivity contribution in [3.05, 3.63) is 0 Å². The molecule has 2 rings (SSSR count). The van der Waals surface area contributed by atoms with Crippen molar-refractivity contribution in [3.63, 3.8) is 0 Å². The Morgan fingerprint density at radius 3 is 3.00 bits per heavy atom. The van der Waals surface area contributed by atoms with Crippen molar-refractivity contribution in [2.24, 2.45) is 4.99 Å². The van der Waals surface area contributed by atoms with Crippen LogP contribution in [0.5, 0.6) is 0 Å². The first-order valence-corrected chi connectivity index (χ1v) is 6.95. The molecule has 2 unspecified atom stereocenters. The Kier molecular flexibility index (Phi) is 3.44. The Morgan fingerprint density at radius 2 is 2.38 bits per heavy atom. The first-order chi connectivity index (χ1) is 6.36. The molecule has 0 amide bonds. The lowest BCUT2D eigenvalue weighted by Gasteiger charge is -2.20. The van der Waals surface area contributed by atoms with Crippen LogP contribution in [0.3, 0.4) is 0 Å². The molecule has 13 heavy (non-hydrogen) atoms. The van der Waals surface area contributed by atoms with E-state index in [0.717, 1.165) is 11.8 Å². The lowest BCUT2D eigenvalue weighted by Crippen LogP contribution is -2.37. The smallest absolute Gasteiger partial charge is 0.156 e. The largest absolute Gasteiger partial charge is 0.361 e. The predicted octanol–water partition coefficient (Wildman–Crippen LogP) is 1.96. The van der Waals surface area contributed by atoms with E-state index in [1.165, 1.54) is 29.5 Å². The Hall–Kier alpha value is 0.170. The molecule has 4 heteroatoms. The molecule has 1 N–H and O–H groups in total. The molecule has 0 radical (unpaired) electrons. The van der Waals surface area contributed by atoms with Crippen LogP contribution < -0.4 is 5.32 Å². The molecule has 0 bridgehead atoms. The van der Waals surface area contributed by atoms with Crippen LogP contribution in [0.2, 0.25) is 0 Å². The van der Waals surface area contributed by atoms with Gasteiger partial charge in [-0.05, 0) is 18.6 Å². The van der Waals surface area contributed by atoms with Gasteiger partial charge < -0.3 is 5.32 Å². The van der Waals surface area contributed by atoms with Crippen molar-refractivity contribution in [3.8, 4) is 0 Å². The summed E-state index contributed by atoms with van der Waals surface area (Å²) in [6.45, 7) is 3.33. The van der Waals surface area contributed by atoms with Crippen LogP contribution in [0.4, 0.5) is 0 Å². The van der Waals surface area contributed by atoms with Crippen molar-refractivity contribution < 1.29 is 0 Å². The van der Waals surface area contributed by atoms with Gasteiger partial charge in [-0.3, -0.25) is 4.99 Å². The molecule has 0 aliphatic carbocycles. The summed E-state index contributed by atoms with van der Waals surface area (Å²) in [5, 5.41) is 5.50. The number of rotatable bonds is 1. The second kappa shape index (κ2) is 4.60. The summed E-state index contributed by atoms with van der Waals surface area (Å²) in [5.41, 5.74) is 0. The highest BCUT2D eigenvalue weighted by molar-refractivity contribution is 8.13. The summed E-state index contributed by atoms with van der Waals surface area (Å²) >= 11 is 3.95. The van der Waals surface area contributed by atoms with Gasteiger partial charge in [0.05, 0.1) is 0 Å². The minimum atomic E-state index is 0.661. The predicted molar refractivity (Wildman–Crippen MR) is 62.8 cm³/mol. The Labute approximate surface area is 88.3 Å². The maximum absolute atomic E-state index is 4.49. The monoisotopic (exact) mass is 216 g/mol. The molecule has 0 saturated carbocycles. The van der Waals surface area contributed by atoms with Gasteiger partial charge >= 0.3 is 0 Å². The van der Waals surface area contributed by atoms with Gasteiger partial charge in [0.1, 0.15) is 0 Å². The van der Waals surface area contributed by atoms with E-state index in [0.29, 0.717) is 6.04 Å². The quantitative estimate of drug-likeness (QED) is 0.725. The van der Waals surface area contributed by atoms with Crippen molar-refractivity contribution in [1.82, 2.24) is 5.32 Å². The van der Waals surface area contributed by atoms with Gasteiger partial charge in [-0.1, -0.05) is 18.7 Å². The highest BCUT2D eigenvalue weighted by Gasteiger charge is 2.24. The van der Waals surface area contributed by atoms with Crippen molar-refractivity contribution in [1.29, 1.82) is 0 Å².